The van der Waals surface area contributed by atoms with Crippen LogP contribution in [0.4, 0.5) is 0 Å². The molecule has 1 heterocycles. The minimum atomic E-state index is 0.0965. The Hall–Kier alpha value is -2.35. The van der Waals surface area contributed by atoms with Crippen LogP contribution in [0.15, 0.2) is 65.5 Å². The fraction of sp³-hybridized carbons (Fsp3) is 0.211. The standard InChI is InChI=1S/C19H19NO/c1-15-14-19(21)20(18-12-6-5-11-17(15)18)13-7-10-16-8-3-2-4-9-16/h2-6,8-9,11-12,14H,7,10,13H2,1H3. The van der Waals surface area contributed by atoms with E-state index in [0.29, 0.717) is 0 Å². The summed E-state index contributed by atoms with van der Waals surface area (Å²) in [5, 5.41) is 1.16. The van der Waals surface area contributed by atoms with Crippen LogP contribution in [0.3, 0.4) is 0 Å². The summed E-state index contributed by atoms with van der Waals surface area (Å²) < 4.78 is 1.89. The van der Waals surface area contributed by atoms with Crippen LogP contribution in [-0.2, 0) is 13.0 Å². The van der Waals surface area contributed by atoms with E-state index < -0.39 is 0 Å². The van der Waals surface area contributed by atoms with Gasteiger partial charge in [0.1, 0.15) is 0 Å². The van der Waals surface area contributed by atoms with Crippen LogP contribution >= 0.6 is 0 Å². The largest absolute Gasteiger partial charge is 0.308 e. The van der Waals surface area contributed by atoms with E-state index in [1.54, 1.807) is 6.07 Å². The van der Waals surface area contributed by atoms with E-state index in [-0.39, 0.29) is 5.56 Å². The van der Waals surface area contributed by atoms with E-state index in [1.807, 2.05) is 35.8 Å². The molecule has 2 heteroatoms. The van der Waals surface area contributed by atoms with Crippen molar-refractivity contribution in [2.45, 2.75) is 26.3 Å². The Morgan fingerprint density at radius 2 is 1.67 bits per heavy atom. The minimum absolute atomic E-state index is 0.0965. The van der Waals surface area contributed by atoms with Crippen molar-refractivity contribution in [3.63, 3.8) is 0 Å². The second-order valence-corrected chi connectivity index (χ2v) is 5.42. The molecule has 106 valence electrons. The zero-order valence-corrected chi connectivity index (χ0v) is 12.3. The molecule has 0 spiro atoms. The molecule has 3 rings (SSSR count). The van der Waals surface area contributed by atoms with Crippen molar-refractivity contribution in [1.29, 1.82) is 0 Å². The van der Waals surface area contributed by atoms with E-state index in [1.165, 1.54) is 5.56 Å². The van der Waals surface area contributed by atoms with Gasteiger partial charge in [0, 0.05) is 18.0 Å². The minimum Gasteiger partial charge on any atom is -0.308 e. The zero-order valence-electron chi connectivity index (χ0n) is 12.3. The highest BCUT2D eigenvalue weighted by Crippen LogP contribution is 2.16. The topological polar surface area (TPSA) is 22.0 Å². The van der Waals surface area contributed by atoms with Gasteiger partial charge in [-0.05, 0) is 37.0 Å². The lowest BCUT2D eigenvalue weighted by atomic mass is 10.1. The second-order valence-electron chi connectivity index (χ2n) is 5.42. The molecule has 2 nitrogen and oxygen atoms in total. The molecule has 0 N–H and O–H groups in total. The average Bonchev–Trinajstić information content (AvgIpc) is 2.51. The highest BCUT2D eigenvalue weighted by atomic mass is 16.1. The number of hydrogen-bond acceptors (Lipinski definition) is 1. The lowest BCUT2D eigenvalue weighted by Crippen LogP contribution is -2.20. The molecule has 0 saturated heterocycles. The SMILES string of the molecule is Cc1cc(=O)n(CCCc2ccccc2)c2ccccc12. The van der Waals surface area contributed by atoms with Crippen molar-refractivity contribution in [2.24, 2.45) is 0 Å². The fourth-order valence-corrected chi connectivity index (χ4v) is 2.82. The summed E-state index contributed by atoms with van der Waals surface area (Å²) in [5.74, 6) is 0. The molecule has 0 aliphatic rings. The van der Waals surface area contributed by atoms with Crippen LogP contribution in [0.5, 0.6) is 0 Å². The Morgan fingerprint density at radius 1 is 0.952 bits per heavy atom. The third-order valence-corrected chi connectivity index (χ3v) is 3.92. The fourth-order valence-electron chi connectivity index (χ4n) is 2.82. The maximum Gasteiger partial charge on any atom is 0.251 e. The number of benzene rings is 2. The molecule has 0 atom stereocenters. The summed E-state index contributed by atoms with van der Waals surface area (Å²) in [7, 11) is 0. The van der Waals surface area contributed by atoms with Crippen LogP contribution < -0.4 is 5.56 Å². The number of aromatic nitrogens is 1. The maximum absolute atomic E-state index is 12.3. The Bertz CT molecular complexity index is 803. The predicted molar refractivity (Wildman–Crippen MR) is 87.7 cm³/mol. The molecule has 0 amide bonds. The number of para-hydroxylation sites is 1. The summed E-state index contributed by atoms with van der Waals surface area (Å²) in [4.78, 5) is 12.3. The molecule has 21 heavy (non-hydrogen) atoms. The van der Waals surface area contributed by atoms with Crippen molar-refractivity contribution in [1.82, 2.24) is 4.57 Å². The molecule has 2 aromatic carbocycles. The molecular formula is C19H19NO. The first-order valence-corrected chi connectivity index (χ1v) is 7.39. The normalized spacial score (nSPS) is 10.9. The number of fused-ring (bicyclic) bond motifs is 1. The van der Waals surface area contributed by atoms with Gasteiger partial charge < -0.3 is 4.57 Å². The van der Waals surface area contributed by atoms with Gasteiger partial charge in [0.25, 0.3) is 5.56 Å². The molecule has 0 bridgehead atoms. The molecule has 1 aromatic heterocycles. The number of hydrogen-bond donors (Lipinski definition) is 0. The quantitative estimate of drug-likeness (QED) is 0.708. The summed E-state index contributed by atoms with van der Waals surface area (Å²) >= 11 is 0. The molecule has 0 aliphatic heterocycles. The summed E-state index contributed by atoms with van der Waals surface area (Å²) in [6, 6.07) is 20.3. The van der Waals surface area contributed by atoms with Gasteiger partial charge in [-0.1, -0.05) is 48.5 Å². The van der Waals surface area contributed by atoms with Crippen LogP contribution in [0.2, 0.25) is 0 Å². The highest BCUT2D eigenvalue weighted by Gasteiger charge is 2.05. The van der Waals surface area contributed by atoms with Gasteiger partial charge in [-0.25, -0.2) is 0 Å². The summed E-state index contributed by atoms with van der Waals surface area (Å²) in [6.45, 7) is 2.76. The first-order valence-electron chi connectivity index (χ1n) is 7.39. The number of pyridine rings is 1. The monoisotopic (exact) mass is 277 g/mol. The van der Waals surface area contributed by atoms with Gasteiger partial charge in [0.05, 0.1) is 5.52 Å². The third kappa shape index (κ3) is 2.89. The van der Waals surface area contributed by atoms with E-state index in [4.69, 9.17) is 0 Å². The van der Waals surface area contributed by atoms with E-state index in [0.717, 1.165) is 35.9 Å². The molecule has 3 aromatic rings. The Balaban J connectivity index is 1.86. The van der Waals surface area contributed by atoms with E-state index in [9.17, 15) is 4.79 Å². The van der Waals surface area contributed by atoms with Crippen LogP contribution in [0.1, 0.15) is 17.5 Å². The van der Waals surface area contributed by atoms with Crippen molar-refractivity contribution in [3.05, 3.63) is 82.1 Å². The van der Waals surface area contributed by atoms with Crippen molar-refractivity contribution < 1.29 is 0 Å². The van der Waals surface area contributed by atoms with Crippen molar-refractivity contribution >= 4 is 10.9 Å². The lowest BCUT2D eigenvalue weighted by molar-refractivity contribution is 0.641. The van der Waals surface area contributed by atoms with Crippen molar-refractivity contribution in [3.8, 4) is 0 Å². The number of rotatable bonds is 4. The molecule has 0 fully saturated rings. The van der Waals surface area contributed by atoms with Crippen LogP contribution in [-0.4, -0.2) is 4.57 Å². The lowest BCUT2D eigenvalue weighted by Gasteiger charge is -2.11. The third-order valence-electron chi connectivity index (χ3n) is 3.92. The molecule has 0 aliphatic carbocycles. The first-order chi connectivity index (χ1) is 10.3. The van der Waals surface area contributed by atoms with E-state index >= 15 is 0 Å². The zero-order chi connectivity index (χ0) is 14.7. The van der Waals surface area contributed by atoms with Gasteiger partial charge in [0.2, 0.25) is 0 Å². The Labute approximate surface area is 124 Å². The van der Waals surface area contributed by atoms with Gasteiger partial charge >= 0.3 is 0 Å². The Morgan fingerprint density at radius 3 is 2.48 bits per heavy atom. The molecule has 0 unspecified atom stereocenters. The number of nitrogens with zero attached hydrogens (tertiary/aromatic N) is 1. The number of aryl methyl sites for hydroxylation is 3. The Kier molecular flexibility index (Phi) is 3.87. The van der Waals surface area contributed by atoms with Gasteiger partial charge in [0.15, 0.2) is 0 Å². The molecular weight excluding hydrogens is 258 g/mol. The summed E-state index contributed by atoms with van der Waals surface area (Å²) in [5.41, 5.74) is 3.51. The maximum atomic E-state index is 12.3. The van der Waals surface area contributed by atoms with Gasteiger partial charge in [-0.15, -0.1) is 0 Å². The highest BCUT2D eigenvalue weighted by molar-refractivity contribution is 5.82. The van der Waals surface area contributed by atoms with Crippen molar-refractivity contribution in [2.75, 3.05) is 0 Å². The smallest absolute Gasteiger partial charge is 0.251 e. The van der Waals surface area contributed by atoms with Crippen LogP contribution in [0, 0.1) is 6.92 Å². The first kappa shape index (κ1) is 13.6. The van der Waals surface area contributed by atoms with Crippen LogP contribution in [0.25, 0.3) is 10.9 Å². The predicted octanol–water partition coefficient (Wildman–Crippen LogP) is 3.94. The van der Waals surface area contributed by atoms with Gasteiger partial charge in [-0.3, -0.25) is 4.79 Å². The van der Waals surface area contributed by atoms with E-state index in [2.05, 4.69) is 30.3 Å². The van der Waals surface area contributed by atoms with Gasteiger partial charge in [-0.2, -0.15) is 0 Å². The molecule has 0 radical (unpaired) electrons. The molecule has 0 saturated carbocycles. The second kappa shape index (κ2) is 5.96. The average molecular weight is 277 g/mol. The summed E-state index contributed by atoms with van der Waals surface area (Å²) in [6.07, 6.45) is 1.96.